The van der Waals surface area contributed by atoms with Gasteiger partial charge in [-0.05, 0) is 18.2 Å². The van der Waals surface area contributed by atoms with Gasteiger partial charge < -0.3 is 4.42 Å². The first-order chi connectivity index (χ1) is 11.6. The first-order valence-corrected chi connectivity index (χ1v) is 11.1. The van der Waals surface area contributed by atoms with Crippen molar-refractivity contribution in [1.82, 2.24) is 4.41 Å². The third-order valence-electron chi connectivity index (χ3n) is 3.62. The van der Waals surface area contributed by atoms with Gasteiger partial charge in [0.25, 0.3) is 0 Å². The minimum absolute atomic E-state index is 0.267. The fraction of sp³-hybridized carbons (Fsp3) is 0.267. The maximum absolute atomic E-state index is 12.1. The van der Waals surface area contributed by atoms with E-state index in [-0.39, 0.29) is 6.42 Å². The van der Waals surface area contributed by atoms with Crippen molar-refractivity contribution in [2.75, 3.05) is 17.2 Å². The molecule has 1 atom stereocenters. The largest absolute Gasteiger partial charge is 0.467 e. The molecule has 2 heterocycles. The Hall–Kier alpha value is -2.33. The Kier molecular flexibility index (Phi) is 4.33. The van der Waals surface area contributed by atoms with Crippen molar-refractivity contribution in [2.45, 2.75) is 12.5 Å². The number of benzene rings is 1. The minimum atomic E-state index is -3.62. The zero-order valence-electron chi connectivity index (χ0n) is 13.6. The molecular formula is C15H17N3O5S2. The molecule has 3 rings (SSSR count). The van der Waals surface area contributed by atoms with Crippen LogP contribution in [-0.2, 0) is 20.0 Å². The second kappa shape index (κ2) is 6.19. The second-order valence-electron chi connectivity index (χ2n) is 5.74. The van der Waals surface area contributed by atoms with Gasteiger partial charge in [-0.25, -0.2) is 16.8 Å². The van der Waals surface area contributed by atoms with Gasteiger partial charge in [0.1, 0.15) is 11.8 Å². The van der Waals surface area contributed by atoms with Crippen molar-refractivity contribution in [3.63, 3.8) is 0 Å². The molecule has 0 saturated heterocycles. The highest BCUT2D eigenvalue weighted by Crippen LogP contribution is 2.36. The zero-order chi connectivity index (χ0) is 18.2. The molecular weight excluding hydrogens is 366 g/mol. The number of hydrogen-bond donors (Lipinski definition) is 1. The molecule has 0 radical (unpaired) electrons. The van der Waals surface area contributed by atoms with Crippen LogP contribution >= 0.6 is 0 Å². The maximum Gasteiger partial charge on any atom is 0.247 e. The van der Waals surface area contributed by atoms with Crippen LogP contribution in [0.15, 0.2) is 52.2 Å². The SMILES string of the molecule is CS(=O)(=O)Nc1ccccc1C1=NN(S(C)(=O)=O)[C@@H](c2ccco2)C1. The lowest BCUT2D eigenvalue weighted by molar-refractivity contribution is 0.322. The Labute approximate surface area is 146 Å². The van der Waals surface area contributed by atoms with E-state index in [1.807, 2.05) is 0 Å². The highest BCUT2D eigenvalue weighted by molar-refractivity contribution is 7.92. The summed E-state index contributed by atoms with van der Waals surface area (Å²) < 4.78 is 56.1. The highest BCUT2D eigenvalue weighted by atomic mass is 32.2. The molecule has 0 aliphatic carbocycles. The molecule has 0 unspecified atom stereocenters. The van der Waals surface area contributed by atoms with Crippen LogP contribution in [0, 0.1) is 0 Å². The Balaban J connectivity index is 2.04. The summed E-state index contributed by atoms with van der Waals surface area (Å²) in [5, 5.41) is 4.22. The lowest BCUT2D eigenvalue weighted by Crippen LogP contribution is -2.25. The van der Waals surface area contributed by atoms with Crippen molar-refractivity contribution in [3.05, 3.63) is 54.0 Å². The molecule has 0 spiro atoms. The molecule has 0 bridgehead atoms. The summed E-state index contributed by atoms with van der Waals surface area (Å²) in [6.45, 7) is 0. The van der Waals surface area contributed by atoms with Gasteiger partial charge >= 0.3 is 0 Å². The summed E-state index contributed by atoms with van der Waals surface area (Å²) in [5.41, 5.74) is 1.33. The molecule has 0 fully saturated rings. The zero-order valence-corrected chi connectivity index (χ0v) is 15.2. The number of para-hydroxylation sites is 1. The molecule has 1 aliphatic heterocycles. The fourth-order valence-corrected chi connectivity index (χ4v) is 4.14. The lowest BCUT2D eigenvalue weighted by atomic mass is 10.0. The molecule has 8 nitrogen and oxygen atoms in total. The van der Waals surface area contributed by atoms with Crippen LogP contribution in [0.5, 0.6) is 0 Å². The van der Waals surface area contributed by atoms with Gasteiger partial charge in [0.15, 0.2) is 0 Å². The van der Waals surface area contributed by atoms with Gasteiger partial charge in [-0.3, -0.25) is 4.72 Å². The van der Waals surface area contributed by atoms with E-state index < -0.39 is 26.1 Å². The maximum atomic E-state index is 12.1. The molecule has 1 aromatic heterocycles. The Morgan fingerprint density at radius 1 is 1.12 bits per heavy atom. The van der Waals surface area contributed by atoms with Crippen molar-refractivity contribution >= 4 is 31.4 Å². The number of sulfonamides is 2. The first kappa shape index (κ1) is 17.5. The van der Waals surface area contributed by atoms with Crippen LogP contribution in [0.3, 0.4) is 0 Å². The van der Waals surface area contributed by atoms with Gasteiger partial charge in [0, 0.05) is 12.0 Å². The molecule has 1 N–H and O–H groups in total. The van der Waals surface area contributed by atoms with Crippen LogP contribution in [0.25, 0.3) is 0 Å². The van der Waals surface area contributed by atoms with Crippen molar-refractivity contribution < 1.29 is 21.3 Å². The van der Waals surface area contributed by atoms with Crippen LogP contribution < -0.4 is 4.72 Å². The number of anilines is 1. The standard InChI is InChI=1S/C15H17N3O5S2/c1-24(19,20)17-12-7-4-3-6-11(12)13-10-14(15-8-5-9-23-15)18(16-13)25(2,21)22/h3-9,14,17H,10H2,1-2H3/t14-/m1/s1. The van der Waals surface area contributed by atoms with Crippen molar-refractivity contribution in [1.29, 1.82) is 0 Å². The van der Waals surface area contributed by atoms with Crippen molar-refractivity contribution in [3.8, 4) is 0 Å². The van der Waals surface area contributed by atoms with E-state index in [0.717, 1.165) is 16.9 Å². The number of nitrogens with one attached hydrogen (secondary N) is 1. The number of hydrogen-bond acceptors (Lipinski definition) is 6. The summed E-state index contributed by atoms with van der Waals surface area (Å²) in [5.74, 6) is 0.470. The average molecular weight is 383 g/mol. The first-order valence-electron chi connectivity index (χ1n) is 7.32. The predicted octanol–water partition coefficient (Wildman–Crippen LogP) is 1.76. The Morgan fingerprint density at radius 2 is 1.84 bits per heavy atom. The van der Waals surface area contributed by atoms with E-state index in [4.69, 9.17) is 4.42 Å². The highest BCUT2D eigenvalue weighted by Gasteiger charge is 2.36. The molecule has 25 heavy (non-hydrogen) atoms. The Morgan fingerprint density at radius 3 is 2.44 bits per heavy atom. The van der Waals surface area contributed by atoms with Gasteiger partial charge in [-0.15, -0.1) is 0 Å². The normalized spacial score (nSPS) is 18.2. The van der Waals surface area contributed by atoms with E-state index in [1.54, 1.807) is 36.4 Å². The van der Waals surface area contributed by atoms with Gasteiger partial charge in [0.05, 0.1) is 30.2 Å². The second-order valence-corrected chi connectivity index (χ2v) is 9.33. The van der Waals surface area contributed by atoms with Gasteiger partial charge in [-0.2, -0.15) is 9.52 Å². The molecule has 2 aromatic rings. The molecule has 1 aromatic carbocycles. The third kappa shape index (κ3) is 3.85. The summed E-state index contributed by atoms with van der Waals surface area (Å²) in [4.78, 5) is 0. The number of furan rings is 1. The summed E-state index contributed by atoms with van der Waals surface area (Å²) in [6.07, 6.45) is 3.85. The minimum Gasteiger partial charge on any atom is -0.467 e. The summed E-state index contributed by atoms with van der Waals surface area (Å²) >= 11 is 0. The summed E-state index contributed by atoms with van der Waals surface area (Å²) in [7, 11) is -7.10. The van der Waals surface area contributed by atoms with Gasteiger partial charge in [0.2, 0.25) is 20.0 Å². The van der Waals surface area contributed by atoms with E-state index in [1.165, 1.54) is 6.26 Å². The monoisotopic (exact) mass is 383 g/mol. The number of nitrogens with zero attached hydrogens (tertiary/aromatic N) is 2. The quantitative estimate of drug-likeness (QED) is 0.846. The molecule has 10 heteroatoms. The smallest absolute Gasteiger partial charge is 0.247 e. The topological polar surface area (TPSA) is 109 Å². The fourth-order valence-electron chi connectivity index (χ4n) is 2.67. The van der Waals surface area contributed by atoms with Crippen LogP contribution in [0.2, 0.25) is 0 Å². The lowest BCUT2D eigenvalue weighted by Gasteiger charge is -2.18. The van der Waals surface area contributed by atoms with Gasteiger partial charge in [-0.1, -0.05) is 18.2 Å². The third-order valence-corrected chi connectivity index (χ3v) is 5.22. The molecule has 0 saturated carbocycles. The summed E-state index contributed by atoms with van der Waals surface area (Å²) in [6, 6.07) is 9.46. The number of hydrazone groups is 1. The average Bonchev–Trinajstić information content (AvgIpc) is 3.14. The Bertz CT molecular complexity index is 1010. The van der Waals surface area contributed by atoms with Crippen LogP contribution in [-0.4, -0.2) is 39.5 Å². The van der Waals surface area contributed by atoms with E-state index in [2.05, 4.69) is 9.82 Å². The number of rotatable bonds is 5. The molecule has 134 valence electrons. The van der Waals surface area contributed by atoms with E-state index in [0.29, 0.717) is 22.7 Å². The van der Waals surface area contributed by atoms with Crippen molar-refractivity contribution in [2.24, 2.45) is 5.10 Å². The molecule has 0 amide bonds. The predicted molar refractivity (Wildman–Crippen MR) is 94.2 cm³/mol. The molecule has 1 aliphatic rings. The van der Waals surface area contributed by atoms with E-state index in [9.17, 15) is 16.8 Å². The van der Waals surface area contributed by atoms with E-state index >= 15 is 0 Å². The van der Waals surface area contributed by atoms with Crippen LogP contribution in [0.1, 0.15) is 23.8 Å². The van der Waals surface area contributed by atoms with Crippen LogP contribution in [0.4, 0.5) is 5.69 Å².